The highest BCUT2D eigenvalue weighted by Crippen LogP contribution is 2.24. The molecular formula is C9H10BrClN2. The highest BCUT2D eigenvalue weighted by atomic mass is 79.9. The van der Waals surface area contributed by atoms with Crippen LogP contribution in [0.4, 0.5) is 0 Å². The van der Waals surface area contributed by atoms with Gasteiger partial charge in [-0.15, -0.1) is 0 Å². The van der Waals surface area contributed by atoms with E-state index in [2.05, 4.69) is 32.3 Å². The molecule has 0 atom stereocenters. The van der Waals surface area contributed by atoms with E-state index in [0.717, 1.165) is 36.1 Å². The van der Waals surface area contributed by atoms with E-state index >= 15 is 0 Å². The number of hydrogen-bond acceptors (Lipinski definition) is 2. The molecule has 13 heavy (non-hydrogen) atoms. The zero-order chi connectivity index (χ0) is 9.26. The van der Waals surface area contributed by atoms with Crippen molar-refractivity contribution in [3.63, 3.8) is 0 Å². The van der Waals surface area contributed by atoms with Gasteiger partial charge in [0.1, 0.15) is 5.15 Å². The number of rotatable bonds is 0. The second-order valence-corrected chi connectivity index (χ2v) is 4.33. The summed E-state index contributed by atoms with van der Waals surface area (Å²) in [6.45, 7) is 2.03. The topological polar surface area (TPSA) is 24.9 Å². The van der Waals surface area contributed by atoms with Gasteiger partial charge in [-0.05, 0) is 40.5 Å². The molecule has 2 heterocycles. The Morgan fingerprint density at radius 1 is 1.38 bits per heavy atom. The Morgan fingerprint density at radius 3 is 3.00 bits per heavy atom. The van der Waals surface area contributed by atoms with Crippen molar-refractivity contribution in [1.82, 2.24) is 10.3 Å². The Bertz CT molecular complexity index is 297. The molecule has 0 unspecified atom stereocenters. The third kappa shape index (κ3) is 2.03. The van der Waals surface area contributed by atoms with Crippen LogP contribution in [0.5, 0.6) is 0 Å². The lowest BCUT2D eigenvalue weighted by Crippen LogP contribution is -2.16. The lowest BCUT2D eigenvalue weighted by atomic mass is 10.1. The van der Waals surface area contributed by atoms with Crippen LogP contribution in [-0.4, -0.2) is 18.1 Å². The van der Waals surface area contributed by atoms with Crippen LogP contribution < -0.4 is 5.32 Å². The number of nitrogens with zero attached hydrogens (tertiary/aromatic N) is 1. The van der Waals surface area contributed by atoms with Crippen molar-refractivity contribution >= 4 is 27.5 Å². The van der Waals surface area contributed by atoms with Gasteiger partial charge in [-0.25, -0.2) is 4.98 Å². The summed E-state index contributed by atoms with van der Waals surface area (Å²) in [5.41, 5.74) is 2.44. The predicted octanol–water partition coefficient (Wildman–Crippen LogP) is 2.19. The average molecular weight is 262 g/mol. The molecule has 0 saturated heterocycles. The van der Waals surface area contributed by atoms with Crippen LogP contribution in [0.15, 0.2) is 10.5 Å². The van der Waals surface area contributed by atoms with E-state index in [1.54, 1.807) is 0 Å². The highest BCUT2D eigenvalue weighted by Gasteiger charge is 2.11. The summed E-state index contributed by atoms with van der Waals surface area (Å²) in [5.74, 6) is 0. The van der Waals surface area contributed by atoms with Gasteiger partial charge in [0, 0.05) is 18.7 Å². The molecule has 1 aliphatic rings. The van der Waals surface area contributed by atoms with E-state index < -0.39 is 0 Å². The molecule has 0 aliphatic carbocycles. The molecule has 1 aromatic rings. The molecule has 0 spiro atoms. The molecule has 70 valence electrons. The normalized spacial score (nSPS) is 16.5. The number of hydrogen-bond donors (Lipinski definition) is 1. The van der Waals surface area contributed by atoms with Gasteiger partial charge in [0.2, 0.25) is 0 Å². The van der Waals surface area contributed by atoms with Gasteiger partial charge in [-0.3, -0.25) is 0 Å². The van der Waals surface area contributed by atoms with E-state index in [4.69, 9.17) is 11.6 Å². The van der Waals surface area contributed by atoms with Gasteiger partial charge in [0.15, 0.2) is 0 Å². The highest BCUT2D eigenvalue weighted by molar-refractivity contribution is 9.10. The Hall–Kier alpha value is -0.120. The van der Waals surface area contributed by atoms with Crippen molar-refractivity contribution in [1.29, 1.82) is 0 Å². The summed E-state index contributed by atoms with van der Waals surface area (Å²) < 4.78 is 0.898. The lowest BCUT2D eigenvalue weighted by molar-refractivity contribution is 0.708. The van der Waals surface area contributed by atoms with Crippen molar-refractivity contribution in [2.45, 2.75) is 12.8 Å². The first-order chi connectivity index (χ1) is 6.27. The standard InChI is InChI=1S/C9H10BrClN2/c10-7-5-6-1-3-12-4-2-8(6)13-9(7)11/h5,12H,1-4H2. The first-order valence-corrected chi connectivity index (χ1v) is 5.49. The summed E-state index contributed by atoms with van der Waals surface area (Å²) in [6, 6.07) is 2.08. The molecule has 0 bridgehead atoms. The molecule has 2 nitrogen and oxygen atoms in total. The number of pyridine rings is 1. The minimum atomic E-state index is 0.570. The molecule has 1 N–H and O–H groups in total. The third-order valence-corrected chi connectivity index (χ3v) is 3.33. The molecule has 0 fully saturated rings. The van der Waals surface area contributed by atoms with Gasteiger partial charge in [-0.2, -0.15) is 0 Å². The van der Waals surface area contributed by atoms with Gasteiger partial charge < -0.3 is 5.32 Å². The van der Waals surface area contributed by atoms with E-state index in [1.807, 2.05) is 0 Å². The molecule has 4 heteroatoms. The van der Waals surface area contributed by atoms with E-state index in [9.17, 15) is 0 Å². The monoisotopic (exact) mass is 260 g/mol. The van der Waals surface area contributed by atoms with Crippen LogP contribution >= 0.6 is 27.5 Å². The number of nitrogens with one attached hydrogen (secondary N) is 1. The van der Waals surface area contributed by atoms with Crippen LogP contribution in [0.1, 0.15) is 11.3 Å². The molecule has 1 aliphatic heterocycles. The van der Waals surface area contributed by atoms with Gasteiger partial charge in [0.25, 0.3) is 0 Å². The zero-order valence-electron chi connectivity index (χ0n) is 7.11. The van der Waals surface area contributed by atoms with Crippen LogP contribution in [0.25, 0.3) is 0 Å². The van der Waals surface area contributed by atoms with Crippen molar-refractivity contribution in [3.05, 3.63) is 26.9 Å². The second-order valence-electron chi connectivity index (χ2n) is 3.12. The van der Waals surface area contributed by atoms with E-state index in [1.165, 1.54) is 5.56 Å². The van der Waals surface area contributed by atoms with Crippen LogP contribution in [0, 0.1) is 0 Å². The average Bonchev–Trinajstić information content (AvgIpc) is 2.31. The van der Waals surface area contributed by atoms with Crippen LogP contribution in [0.2, 0.25) is 5.15 Å². The fourth-order valence-electron chi connectivity index (χ4n) is 1.53. The summed E-state index contributed by atoms with van der Waals surface area (Å²) in [5, 5.41) is 3.90. The quantitative estimate of drug-likeness (QED) is 0.724. The van der Waals surface area contributed by atoms with Gasteiger partial charge >= 0.3 is 0 Å². The molecule has 0 radical (unpaired) electrons. The Balaban J connectivity index is 2.43. The maximum absolute atomic E-state index is 5.92. The molecule has 1 aromatic heterocycles. The van der Waals surface area contributed by atoms with Crippen LogP contribution in [0.3, 0.4) is 0 Å². The van der Waals surface area contributed by atoms with Crippen molar-refractivity contribution in [2.24, 2.45) is 0 Å². The van der Waals surface area contributed by atoms with Gasteiger partial charge in [0.05, 0.1) is 4.47 Å². The van der Waals surface area contributed by atoms with Crippen LogP contribution in [-0.2, 0) is 12.8 Å². The maximum atomic E-state index is 5.92. The molecular weight excluding hydrogens is 251 g/mol. The Morgan fingerprint density at radius 2 is 2.15 bits per heavy atom. The van der Waals surface area contributed by atoms with Crippen molar-refractivity contribution in [2.75, 3.05) is 13.1 Å². The minimum absolute atomic E-state index is 0.570. The van der Waals surface area contributed by atoms with Crippen molar-refractivity contribution < 1.29 is 0 Å². The Kier molecular flexibility index (Phi) is 2.86. The lowest BCUT2D eigenvalue weighted by Gasteiger charge is -2.05. The molecule has 2 rings (SSSR count). The molecule has 0 aromatic carbocycles. The maximum Gasteiger partial charge on any atom is 0.143 e. The second kappa shape index (κ2) is 3.95. The first kappa shape index (κ1) is 9.44. The number of halogens is 2. The third-order valence-electron chi connectivity index (χ3n) is 2.21. The fraction of sp³-hybridized carbons (Fsp3) is 0.444. The van der Waals surface area contributed by atoms with E-state index in [0.29, 0.717) is 5.15 Å². The summed E-state index contributed by atoms with van der Waals surface area (Å²) in [6.07, 6.45) is 2.01. The Labute approximate surface area is 90.8 Å². The summed E-state index contributed by atoms with van der Waals surface area (Å²) in [7, 11) is 0. The minimum Gasteiger partial charge on any atom is -0.316 e. The SMILES string of the molecule is Clc1nc2c(cc1Br)CCNCC2. The summed E-state index contributed by atoms with van der Waals surface area (Å²) >= 11 is 9.31. The summed E-state index contributed by atoms with van der Waals surface area (Å²) in [4.78, 5) is 4.35. The number of aromatic nitrogens is 1. The molecule has 0 saturated carbocycles. The zero-order valence-corrected chi connectivity index (χ0v) is 9.45. The van der Waals surface area contributed by atoms with Crippen molar-refractivity contribution in [3.8, 4) is 0 Å². The van der Waals surface area contributed by atoms with E-state index in [-0.39, 0.29) is 0 Å². The smallest absolute Gasteiger partial charge is 0.143 e. The molecule has 0 amide bonds. The largest absolute Gasteiger partial charge is 0.316 e. The first-order valence-electron chi connectivity index (χ1n) is 4.32. The van der Waals surface area contributed by atoms with Gasteiger partial charge in [-0.1, -0.05) is 11.6 Å². The number of fused-ring (bicyclic) bond motifs is 1. The fourth-order valence-corrected chi connectivity index (χ4v) is 2.05. The predicted molar refractivity (Wildman–Crippen MR) is 57.2 cm³/mol.